The lowest BCUT2D eigenvalue weighted by Crippen LogP contribution is -2.45. The summed E-state index contributed by atoms with van der Waals surface area (Å²) >= 11 is 0. The maximum absolute atomic E-state index is 6.36. The molecule has 1 aliphatic carbocycles. The van der Waals surface area contributed by atoms with E-state index in [0.29, 0.717) is 0 Å². The van der Waals surface area contributed by atoms with Gasteiger partial charge < -0.3 is 5.73 Å². The molecule has 0 heterocycles. The smallest absolute Gasteiger partial charge is 0.0140 e. The van der Waals surface area contributed by atoms with E-state index in [1.54, 1.807) is 5.57 Å². The minimum atomic E-state index is 0.153. The van der Waals surface area contributed by atoms with Gasteiger partial charge in [-0.15, -0.1) is 0 Å². The first kappa shape index (κ1) is 17.5. The minimum Gasteiger partial charge on any atom is -0.330 e. The first-order valence-electron chi connectivity index (χ1n) is 8.46. The average Bonchev–Trinajstić information content (AvgIpc) is 2.64. The Morgan fingerprint density at radius 1 is 1.05 bits per heavy atom. The fourth-order valence-electron chi connectivity index (χ4n) is 3.98. The van der Waals surface area contributed by atoms with Crippen molar-refractivity contribution in [1.29, 1.82) is 0 Å². The van der Waals surface area contributed by atoms with Crippen LogP contribution in [-0.2, 0) is 0 Å². The van der Waals surface area contributed by atoms with Gasteiger partial charge in [-0.3, -0.25) is 0 Å². The highest BCUT2D eigenvalue weighted by atomic mass is 14.7. The summed E-state index contributed by atoms with van der Waals surface area (Å²) in [5.74, 6) is 0. The third-order valence-corrected chi connectivity index (χ3v) is 5.95. The van der Waals surface area contributed by atoms with E-state index in [1.165, 1.54) is 49.7 Å². The van der Waals surface area contributed by atoms with Crippen LogP contribution in [0.5, 0.6) is 0 Å². The van der Waals surface area contributed by atoms with E-state index in [4.69, 9.17) is 5.73 Å². The van der Waals surface area contributed by atoms with Crippen LogP contribution in [0.3, 0.4) is 0 Å². The Kier molecular flexibility index (Phi) is 6.06. The fourth-order valence-corrected chi connectivity index (χ4v) is 3.98. The molecule has 1 rings (SSSR count). The van der Waals surface area contributed by atoms with Gasteiger partial charge in [0.05, 0.1) is 0 Å². The molecule has 2 N–H and O–H groups in total. The lowest BCUT2D eigenvalue weighted by molar-refractivity contribution is 0.108. The zero-order valence-electron chi connectivity index (χ0n) is 14.6. The zero-order chi connectivity index (χ0) is 15.4. The summed E-state index contributed by atoms with van der Waals surface area (Å²) in [5, 5.41) is 0. The average molecular weight is 277 g/mol. The van der Waals surface area contributed by atoms with Crippen LogP contribution in [0.4, 0.5) is 0 Å². The van der Waals surface area contributed by atoms with Crippen LogP contribution in [0.1, 0.15) is 80.1 Å². The van der Waals surface area contributed by atoms with Gasteiger partial charge in [0.15, 0.2) is 0 Å². The van der Waals surface area contributed by atoms with E-state index in [9.17, 15) is 0 Å². The fraction of sp³-hybridized carbons (Fsp3) is 0.789. The van der Waals surface area contributed by atoms with Gasteiger partial charge in [0.1, 0.15) is 0 Å². The van der Waals surface area contributed by atoms with E-state index in [1.807, 2.05) is 0 Å². The summed E-state index contributed by atoms with van der Waals surface area (Å²) in [6, 6.07) is 0. The molecule has 0 aromatic heterocycles. The Balaban J connectivity index is 3.22. The molecular weight excluding hydrogens is 242 g/mol. The summed E-state index contributed by atoms with van der Waals surface area (Å²) in [7, 11) is 0. The molecule has 0 radical (unpaired) electrons. The van der Waals surface area contributed by atoms with Gasteiger partial charge in [-0.25, -0.2) is 0 Å². The van der Waals surface area contributed by atoms with Crippen LogP contribution in [0.25, 0.3) is 0 Å². The lowest BCUT2D eigenvalue weighted by atomic mass is 9.57. The number of unbranched alkanes of at least 4 members (excludes halogenated alkanes) is 2. The van der Waals surface area contributed by atoms with Crippen LogP contribution in [0, 0.1) is 10.8 Å². The normalized spacial score (nSPS) is 23.4. The first-order valence-corrected chi connectivity index (χ1v) is 8.46. The highest BCUT2D eigenvalue weighted by Crippen LogP contribution is 2.56. The predicted molar refractivity (Wildman–Crippen MR) is 90.8 cm³/mol. The third kappa shape index (κ3) is 2.88. The molecule has 1 heteroatoms. The van der Waals surface area contributed by atoms with Gasteiger partial charge in [0.25, 0.3) is 0 Å². The van der Waals surface area contributed by atoms with Crippen molar-refractivity contribution in [2.45, 2.75) is 80.1 Å². The number of nitrogens with two attached hydrogens (primary N) is 1. The molecule has 0 saturated carbocycles. The Hall–Kier alpha value is -0.560. The van der Waals surface area contributed by atoms with E-state index >= 15 is 0 Å². The third-order valence-electron chi connectivity index (χ3n) is 5.95. The van der Waals surface area contributed by atoms with Gasteiger partial charge in [-0.2, -0.15) is 0 Å². The molecule has 0 aromatic rings. The number of allylic oxidation sites excluding steroid dienone is 4. The second-order valence-corrected chi connectivity index (χ2v) is 6.97. The molecule has 116 valence electrons. The molecule has 0 bridgehead atoms. The Morgan fingerprint density at radius 2 is 1.55 bits per heavy atom. The van der Waals surface area contributed by atoms with Crippen LogP contribution in [0.15, 0.2) is 22.8 Å². The second kappa shape index (κ2) is 6.93. The van der Waals surface area contributed by atoms with Crippen molar-refractivity contribution in [2.75, 3.05) is 6.54 Å². The molecule has 0 aliphatic heterocycles. The van der Waals surface area contributed by atoms with Crippen molar-refractivity contribution in [1.82, 2.24) is 0 Å². The molecule has 20 heavy (non-hydrogen) atoms. The molecule has 0 aromatic carbocycles. The molecule has 0 amide bonds. The maximum atomic E-state index is 6.36. The predicted octanol–water partition coefficient (Wildman–Crippen LogP) is 5.61. The van der Waals surface area contributed by atoms with Gasteiger partial charge in [-0.1, -0.05) is 63.7 Å². The quantitative estimate of drug-likeness (QED) is 0.612. The van der Waals surface area contributed by atoms with Crippen molar-refractivity contribution >= 4 is 0 Å². The standard InChI is InChI=1S/C19H35N/c1-7-9-11-19(14-20,12-10-8-2)18(6)13-15(3)16(4)17(18)5/h13H,7-12,14,20H2,1-6H3. The van der Waals surface area contributed by atoms with Crippen molar-refractivity contribution in [3.63, 3.8) is 0 Å². The van der Waals surface area contributed by atoms with Gasteiger partial charge >= 0.3 is 0 Å². The highest BCUT2D eigenvalue weighted by Gasteiger charge is 2.48. The Bertz CT molecular complexity index is 381. The van der Waals surface area contributed by atoms with Crippen LogP contribution < -0.4 is 5.73 Å². The summed E-state index contributed by atoms with van der Waals surface area (Å²) in [6.07, 6.45) is 10.1. The number of rotatable bonds is 8. The van der Waals surface area contributed by atoms with Crippen LogP contribution in [-0.4, -0.2) is 6.54 Å². The lowest BCUT2D eigenvalue weighted by Gasteiger charge is -2.47. The topological polar surface area (TPSA) is 26.0 Å². The molecule has 0 spiro atoms. The second-order valence-electron chi connectivity index (χ2n) is 6.97. The first-order chi connectivity index (χ1) is 9.38. The van der Waals surface area contributed by atoms with Crippen molar-refractivity contribution in [3.05, 3.63) is 22.8 Å². The molecule has 0 fully saturated rings. The molecule has 1 unspecified atom stereocenters. The molecule has 1 aliphatic rings. The zero-order valence-corrected chi connectivity index (χ0v) is 14.6. The van der Waals surface area contributed by atoms with E-state index in [0.717, 1.165) is 6.54 Å². The number of hydrogen-bond acceptors (Lipinski definition) is 1. The van der Waals surface area contributed by atoms with Crippen LogP contribution >= 0.6 is 0 Å². The van der Waals surface area contributed by atoms with E-state index in [-0.39, 0.29) is 10.8 Å². The molecule has 1 atom stereocenters. The molecule has 0 saturated heterocycles. The van der Waals surface area contributed by atoms with E-state index in [2.05, 4.69) is 47.6 Å². The summed E-state index contributed by atoms with van der Waals surface area (Å²) in [5.41, 5.74) is 11.2. The SMILES string of the molecule is CCCCC(CN)(CCCC)C1(C)C=C(C)C(C)=C1C. The maximum Gasteiger partial charge on any atom is 0.0140 e. The highest BCUT2D eigenvalue weighted by molar-refractivity contribution is 5.47. The van der Waals surface area contributed by atoms with Gasteiger partial charge in [-0.05, 0) is 51.1 Å². The summed E-state index contributed by atoms with van der Waals surface area (Å²) < 4.78 is 0. The number of hydrogen-bond donors (Lipinski definition) is 1. The van der Waals surface area contributed by atoms with Crippen molar-refractivity contribution in [3.8, 4) is 0 Å². The largest absolute Gasteiger partial charge is 0.330 e. The Morgan fingerprint density at radius 3 is 1.85 bits per heavy atom. The van der Waals surface area contributed by atoms with Crippen molar-refractivity contribution < 1.29 is 0 Å². The van der Waals surface area contributed by atoms with Gasteiger partial charge in [0, 0.05) is 5.41 Å². The van der Waals surface area contributed by atoms with Gasteiger partial charge in [0.2, 0.25) is 0 Å². The molecular formula is C19H35N. The summed E-state index contributed by atoms with van der Waals surface area (Å²) in [4.78, 5) is 0. The molecule has 1 nitrogen and oxygen atoms in total. The summed E-state index contributed by atoms with van der Waals surface area (Å²) in [6.45, 7) is 14.7. The van der Waals surface area contributed by atoms with Crippen LogP contribution in [0.2, 0.25) is 0 Å². The minimum absolute atomic E-state index is 0.153. The van der Waals surface area contributed by atoms with Crippen molar-refractivity contribution in [2.24, 2.45) is 16.6 Å². The van der Waals surface area contributed by atoms with E-state index < -0.39 is 0 Å². The Labute approximate surface area is 126 Å². The monoisotopic (exact) mass is 277 g/mol.